The van der Waals surface area contributed by atoms with Gasteiger partial charge in [0.05, 0.1) is 6.61 Å². The minimum absolute atomic E-state index is 0.802. The van der Waals surface area contributed by atoms with Crippen molar-refractivity contribution in [2.75, 3.05) is 46.9 Å². The van der Waals surface area contributed by atoms with Crippen LogP contribution in [0.15, 0.2) is 0 Å². The average Bonchev–Trinajstić information content (AvgIpc) is 2.19. The van der Waals surface area contributed by atoms with E-state index in [0.29, 0.717) is 0 Å². The van der Waals surface area contributed by atoms with Crippen molar-refractivity contribution in [2.45, 2.75) is 12.8 Å². The molecule has 0 N–H and O–H groups in total. The fourth-order valence-electron chi connectivity index (χ4n) is 2.12. The predicted octanol–water partition coefficient (Wildman–Crippen LogP) is 0.422. The highest BCUT2D eigenvalue weighted by Gasteiger charge is 2.32. The number of piperidine rings is 1. The molecule has 82 valence electrons. The second-order valence-electron chi connectivity index (χ2n) is 4.57. The number of likely N-dealkylation sites (N-methyl/N-ethyl adjacent to an activating group) is 1. The van der Waals surface area contributed by atoms with Gasteiger partial charge in [-0.1, -0.05) is 0 Å². The molecule has 3 rings (SSSR count). The number of nitrogens with zero attached hydrogens (tertiary/aromatic N) is 3. The molecule has 0 radical (unpaired) electrons. The third-order valence-corrected chi connectivity index (χ3v) is 3.10. The first-order chi connectivity index (χ1) is 6.75. The highest BCUT2D eigenvalue weighted by atomic mass is 16.7. The molecule has 0 aromatic carbocycles. The molecule has 0 saturated carbocycles. The number of rotatable bonds is 4. The molecule has 3 heterocycles. The van der Waals surface area contributed by atoms with Gasteiger partial charge in [-0.15, -0.1) is 5.17 Å². The topological polar surface area (TPSA) is 19.0 Å². The van der Waals surface area contributed by atoms with Gasteiger partial charge in [-0.25, -0.2) is 5.01 Å². The number of fused-ring (bicyclic) bond motifs is 3. The number of hydrazine groups is 1. The smallest absolute Gasteiger partial charge is 0.0828 e. The molecule has 0 aromatic heterocycles. The van der Waals surface area contributed by atoms with E-state index in [9.17, 15) is 0 Å². The molecule has 14 heavy (non-hydrogen) atoms. The van der Waals surface area contributed by atoms with Crippen LogP contribution in [0.4, 0.5) is 0 Å². The summed E-state index contributed by atoms with van der Waals surface area (Å²) in [5.74, 6) is 0.874. The van der Waals surface area contributed by atoms with Crippen LogP contribution in [0, 0.1) is 5.92 Å². The Balaban J connectivity index is 1.71. The molecule has 0 atom stereocenters. The van der Waals surface area contributed by atoms with Gasteiger partial charge in [0.2, 0.25) is 0 Å². The minimum Gasteiger partial charge on any atom is -0.307 e. The van der Waals surface area contributed by atoms with E-state index >= 15 is 0 Å². The zero-order chi connectivity index (χ0) is 9.97. The first kappa shape index (κ1) is 10.4. The summed E-state index contributed by atoms with van der Waals surface area (Å²) in [5, 5.41) is 4.43. The zero-order valence-corrected chi connectivity index (χ0v) is 9.28. The summed E-state index contributed by atoms with van der Waals surface area (Å²) in [5.41, 5.74) is 0. The molecule has 0 aliphatic carbocycles. The van der Waals surface area contributed by atoms with Crippen LogP contribution in [0.1, 0.15) is 12.8 Å². The van der Waals surface area contributed by atoms with E-state index in [2.05, 4.69) is 29.2 Å². The van der Waals surface area contributed by atoms with Gasteiger partial charge in [-0.3, -0.25) is 4.84 Å². The van der Waals surface area contributed by atoms with Crippen LogP contribution in [0.3, 0.4) is 0 Å². The van der Waals surface area contributed by atoms with Crippen molar-refractivity contribution in [1.82, 2.24) is 15.1 Å². The Morgan fingerprint density at radius 3 is 2.50 bits per heavy atom. The quantitative estimate of drug-likeness (QED) is 0.653. The molecular weight excluding hydrogens is 178 g/mol. The van der Waals surface area contributed by atoms with Crippen LogP contribution in [-0.2, 0) is 4.84 Å². The standard InChI is InChI=1S/C10H21N3O/c1-11(2)7-8-14-13-9-10-3-5-12(13)6-4-10/h10H,3-9H2,1-2H3. The molecule has 3 aliphatic heterocycles. The highest BCUT2D eigenvalue weighted by molar-refractivity contribution is 4.76. The lowest BCUT2D eigenvalue weighted by molar-refractivity contribution is -0.320. The lowest BCUT2D eigenvalue weighted by atomic mass is 9.95. The van der Waals surface area contributed by atoms with E-state index < -0.39 is 0 Å². The lowest BCUT2D eigenvalue weighted by Crippen LogP contribution is -2.55. The SMILES string of the molecule is CN(C)CCON1CC2CCN1CC2. The van der Waals surface area contributed by atoms with Gasteiger partial charge in [0.1, 0.15) is 0 Å². The van der Waals surface area contributed by atoms with Crippen molar-refractivity contribution >= 4 is 0 Å². The van der Waals surface area contributed by atoms with Crippen molar-refractivity contribution in [3.05, 3.63) is 0 Å². The van der Waals surface area contributed by atoms with E-state index in [4.69, 9.17) is 4.84 Å². The molecule has 0 spiro atoms. The van der Waals surface area contributed by atoms with Crippen LogP contribution in [0.2, 0.25) is 0 Å². The van der Waals surface area contributed by atoms with Crippen LogP contribution in [-0.4, -0.2) is 62.0 Å². The van der Waals surface area contributed by atoms with Crippen molar-refractivity contribution in [3.63, 3.8) is 0 Å². The third kappa shape index (κ3) is 2.45. The predicted molar refractivity (Wildman–Crippen MR) is 55.5 cm³/mol. The number of hydrogen-bond donors (Lipinski definition) is 0. The van der Waals surface area contributed by atoms with E-state index in [1.807, 2.05) is 0 Å². The molecule has 0 amide bonds. The summed E-state index contributed by atoms with van der Waals surface area (Å²) in [4.78, 5) is 7.90. The molecule has 4 nitrogen and oxygen atoms in total. The summed E-state index contributed by atoms with van der Waals surface area (Å²) in [6, 6.07) is 0. The fourth-order valence-corrected chi connectivity index (χ4v) is 2.12. The maximum Gasteiger partial charge on any atom is 0.0828 e. The van der Waals surface area contributed by atoms with Gasteiger partial charge in [-0.2, -0.15) is 0 Å². The van der Waals surface area contributed by atoms with Crippen molar-refractivity contribution in [1.29, 1.82) is 0 Å². The van der Waals surface area contributed by atoms with Crippen LogP contribution in [0.5, 0.6) is 0 Å². The monoisotopic (exact) mass is 199 g/mol. The first-order valence-electron chi connectivity index (χ1n) is 5.56. The summed E-state index contributed by atoms with van der Waals surface area (Å²) in [6.45, 7) is 5.28. The summed E-state index contributed by atoms with van der Waals surface area (Å²) < 4.78 is 0. The number of hydrogen-bond acceptors (Lipinski definition) is 4. The van der Waals surface area contributed by atoms with Gasteiger partial charge in [0.25, 0.3) is 0 Å². The van der Waals surface area contributed by atoms with E-state index in [-0.39, 0.29) is 0 Å². The molecular formula is C10H21N3O. The maximum absolute atomic E-state index is 5.75. The van der Waals surface area contributed by atoms with Gasteiger partial charge < -0.3 is 4.90 Å². The largest absolute Gasteiger partial charge is 0.307 e. The summed E-state index contributed by atoms with van der Waals surface area (Å²) in [7, 11) is 4.15. The van der Waals surface area contributed by atoms with Gasteiger partial charge in [0, 0.05) is 26.2 Å². The van der Waals surface area contributed by atoms with Gasteiger partial charge in [0.15, 0.2) is 0 Å². The fraction of sp³-hybridized carbons (Fsp3) is 1.00. The average molecular weight is 199 g/mol. The van der Waals surface area contributed by atoms with Crippen LogP contribution in [0.25, 0.3) is 0 Å². The Kier molecular flexibility index (Phi) is 3.38. The van der Waals surface area contributed by atoms with Gasteiger partial charge in [-0.05, 0) is 32.9 Å². The zero-order valence-electron chi connectivity index (χ0n) is 9.28. The molecule has 4 heteroatoms. The Labute approximate surface area is 86.3 Å². The van der Waals surface area contributed by atoms with Crippen molar-refractivity contribution in [3.8, 4) is 0 Å². The molecule has 3 fully saturated rings. The second kappa shape index (κ2) is 4.57. The van der Waals surface area contributed by atoms with E-state index in [1.165, 1.54) is 25.9 Å². The van der Waals surface area contributed by atoms with Crippen molar-refractivity contribution < 1.29 is 4.84 Å². The van der Waals surface area contributed by atoms with E-state index in [1.54, 1.807) is 0 Å². The Morgan fingerprint density at radius 2 is 2.00 bits per heavy atom. The first-order valence-corrected chi connectivity index (χ1v) is 5.56. The third-order valence-electron chi connectivity index (χ3n) is 3.10. The molecule has 2 bridgehead atoms. The molecule has 0 unspecified atom stereocenters. The maximum atomic E-state index is 5.75. The minimum atomic E-state index is 0.802. The lowest BCUT2D eigenvalue weighted by Gasteiger charge is -2.46. The Bertz CT molecular complexity index is 178. The summed E-state index contributed by atoms with van der Waals surface area (Å²) in [6.07, 6.45) is 2.71. The second-order valence-corrected chi connectivity index (χ2v) is 4.57. The summed E-state index contributed by atoms with van der Waals surface area (Å²) >= 11 is 0. The Hall–Kier alpha value is -0.160. The molecule has 3 aliphatic rings. The normalized spacial score (nSPS) is 32.8. The molecule has 0 aromatic rings. The van der Waals surface area contributed by atoms with Crippen LogP contribution < -0.4 is 0 Å². The number of hydroxylamine groups is 1. The van der Waals surface area contributed by atoms with Crippen LogP contribution >= 0.6 is 0 Å². The highest BCUT2D eigenvalue weighted by Crippen LogP contribution is 2.26. The van der Waals surface area contributed by atoms with Gasteiger partial charge >= 0.3 is 0 Å². The molecule has 3 saturated heterocycles. The Morgan fingerprint density at radius 1 is 1.29 bits per heavy atom. The van der Waals surface area contributed by atoms with E-state index in [0.717, 1.165) is 25.6 Å². The van der Waals surface area contributed by atoms with Crippen molar-refractivity contribution in [2.24, 2.45) is 5.92 Å².